The molecule has 2 aromatic carbocycles. The van der Waals surface area contributed by atoms with E-state index >= 15 is 0 Å². The molecule has 2 atom stereocenters. The van der Waals surface area contributed by atoms with Crippen molar-refractivity contribution >= 4 is 17.7 Å². The first-order valence-electron chi connectivity index (χ1n) is 8.40. The molecule has 1 aliphatic heterocycles. The average molecular weight is 357 g/mol. The second-order valence-electron chi connectivity index (χ2n) is 5.96. The van der Waals surface area contributed by atoms with E-state index in [-0.39, 0.29) is 12.0 Å². The van der Waals surface area contributed by atoms with E-state index < -0.39 is 6.10 Å². The Morgan fingerprint density at radius 2 is 1.72 bits per heavy atom. The first kappa shape index (κ1) is 18.0. The summed E-state index contributed by atoms with van der Waals surface area (Å²) in [6.07, 6.45) is 1.11. The predicted molar refractivity (Wildman–Crippen MR) is 100 cm³/mol. The van der Waals surface area contributed by atoms with Crippen molar-refractivity contribution in [2.75, 3.05) is 19.5 Å². The summed E-state index contributed by atoms with van der Waals surface area (Å²) in [5.74, 6) is 0.861. The van der Waals surface area contributed by atoms with Crippen LogP contribution in [0.2, 0.25) is 0 Å². The monoisotopic (exact) mass is 357 g/mol. The molecular formula is C20H23NO3S. The molecule has 0 saturated carbocycles. The van der Waals surface area contributed by atoms with Crippen LogP contribution >= 0.6 is 11.8 Å². The molecule has 5 heteroatoms. The van der Waals surface area contributed by atoms with Gasteiger partial charge in [0, 0.05) is 12.3 Å². The largest absolute Gasteiger partial charge is 0.368 e. The number of ether oxygens (including phenoxy) is 2. The minimum absolute atomic E-state index is 0.137. The molecule has 0 bridgehead atoms. The van der Waals surface area contributed by atoms with Gasteiger partial charge in [0.25, 0.3) is 5.91 Å². The molecule has 0 aromatic heterocycles. The maximum atomic E-state index is 12.6. The topological polar surface area (TPSA) is 47.6 Å². The molecule has 0 aliphatic carbocycles. The Morgan fingerprint density at radius 1 is 1.04 bits per heavy atom. The van der Waals surface area contributed by atoms with E-state index in [1.807, 2.05) is 30.3 Å². The molecule has 1 amide bonds. The number of nitrogens with one attached hydrogen (secondary N) is 1. The van der Waals surface area contributed by atoms with Gasteiger partial charge in [-0.2, -0.15) is 11.8 Å². The van der Waals surface area contributed by atoms with Crippen LogP contribution in [-0.4, -0.2) is 31.5 Å². The number of thioether (sulfide) groups is 1. The second kappa shape index (κ2) is 9.04. The summed E-state index contributed by atoms with van der Waals surface area (Å²) < 4.78 is 11.5. The van der Waals surface area contributed by atoms with Crippen molar-refractivity contribution in [3.8, 4) is 0 Å². The third-order valence-corrected chi connectivity index (χ3v) is 4.76. The third-order valence-electron chi connectivity index (χ3n) is 4.14. The van der Waals surface area contributed by atoms with Crippen LogP contribution in [0, 0.1) is 0 Å². The molecule has 1 N–H and O–H groups in total. The average Bonchev–Trinajstić information content (AvgIpc) is 2.68. The van der Waals surface area contributed by atoms with E-state index in [0.29, 0.717) is 19.8 Å². The van der Waals surface area contributed by atoms with Crippen molar-refractivity contribution in [3.05, 3.63) is 71.3 Å². The van der Waals surface area contributed by atoms with E-state index in [4.69, 9.17) is 9.47 Å². The van der Waals surface area contributed by atoms with E-state index in [9.17, 15) is 4.79 Å². The lowest BCUT2D eigenvalue weighted by molar-refractivity contribution is -0.166. The quantitative estimate of drug-likeness (QED) is 0.862. The number of amides is 1. The maximum absolute atomic E-state index is 12.6. The number of benzene rings is 2. The Labute approximate surface area is 152 Å². The van der Waals surface area contributed by atoms with E-state index in [1.165, 1.54) is 5.56 Å². The molecule has 2 aromatic rings. The molecule has 1 heterocycles. The maximum Gasteiger partial charge on any atom is 0.252 e. The summed E-state index contributed by atoms with van der Waals surface area (Å²) in [6.45, 7) is 1.42. The summed E-state index contributed by atoms with van der Waals surface area (Å²) in [5, 5.41) is 2.97. The molecule has 25 heavy (non-hydrogen) atoms. The van der Waals surface area contributed by atoms with Gasteiger partial charge >= 0.3 is 0 Å². The zero-order valence-corrected chi connectivity index (χ0v) is 15.1. The van der Waals surface area contributed by atoms with Crippen molar-refractivity contribution in [1.82, 2.24) is 5.32 Å². The van der Waals surface area contributed by atoms with Gasteiger partial charge in [-0.15, -0.1) is 0 Å². The highest BCUT2D eigenvalue weighted by molar-refractivity contribution is 7.97. The molecule has 1 saturated heterocycles. The lowest BCUT2D eigenvalue weighted by atomic mass is 10.0. The summed E-state index contributed by atoms with van der Waals surface area (Å²) >= 11 is 1.80. The van der Waals surface area contributed by atoms with Crippen molar-refractivity contribution in [3.63, 3.8) is 0 Å². The second-order valence-corrected chi connectivity index (χ2v) is 6.83. The molecule has 4 nitrogen and oxygen atoms in total. The van der Waals surface area contributed by atoms with Gasteiger partial charge in [0.05, 0.1) is 13.2 Å². The Morgan fingerprint density at radius 3 is 2.44 bits per heavy atom. The summed E-state index contributed by atoms with van der Waals surface area (Å²) in [5.41, 5.74) is 3.32. The van der Waals surface area contributed by atoms with E-state index in [2.05, 4.69) is 35.8 Å². The Balaban J connectivity index is 1.61. The molecule has 132 valence electrons. The third kappa shape index (κ3) is 4.84. The van der Waals surface area contributed by atoms with Crippen molar-refractivity contribution in [2.45, 2.75) is 24.5 Å². The van der Waals surface area contributed by atoms with Crippen LogP contribution in [0.1, 0.15) is 22.8 Å². The first-order valence-corrected chi connectivity index (χ1v) is 9.80. The minimum atomic E-state index is -0.619. The fourth-order valence-corrected chi connectivity index (χ4v) is 3.39. The summed E-state index contributed by atoms with van der Waals surface area (Å²) in [7, 11) is 0. The first-order chi connectivity index (χ1) is 12.3. The van der Waals surface area contributed by atoms with Crippen LogP contribution in [0.25, 0.3) is 0 Å². The molecule has 3 rings (SSSR count). The fraction of sp³-hybridized carbons (Fsp3) is 0.350. The zero-order valence-electron chi connectivity index (χ0n) is 14.3. The highest BCUT2D eigenvalue weighted by atomic mass is 32.2. The van der Waals surface area contributed by atoms with Gasteiger partial charge in [-0.1, -0.05) is 54.6 Å². The summed E-state index contributed by atoms with van der Waals surface area (Å²) in [4.78, 5) is 12.6. The molecule has 0 unspecified atom stereocenters. The normalized spacial score (nSPS) is 20.2. The van der Waals surface area contributed by atoms with Crippen molar-refractivity contribution < 1.29 is 14.3 Å². The highest BCUT2D eigenvalue weighted by Crippen LogP contribution is 2.26. The number of hydrogen-bond acceptors (Lipinski definition) is 4. The van der Waals surface area contributed by atoms with Crippen molar-refractivity contribution in [1.29, 1.82) is 0 Å². The van der Waals surface area contributed by atoms with Crippen LogP contribution < -0.4 is 5.32 Å². The van der Waals surface area contributed by atoms with Crippen LogP contribution in [0.5, 0.6) is 0 Å². The van der Waals surface area contributed by atoms with Gasteiger partial charge in [-0.3, -0.25) is 4.79 Å². The van der Waals surface area contributed by atoms with Gasteiger partial charge in [0.2, 0.25) is 0 Å². The summed E-state index contributed by atoms with van der Waals surface area (Å²) in [6, 6.07) is 18.1. The van der Waals surface area contributed by atoms with Crippen LogP contribution in [0.4, 0.5) is 0 Å². The van der Waals surface area contributed by atoms with Crippen molar-refractivity contribution in [2.24, 2.45) is 0 Å². The minimum Gasteiger partial charge on any atom is -0.368 e. The van der Waals surface area contributed by atoms with Gasteiger partial charge in [0.1, 0.15) is 6.10 Å². The predicted octanol–water partition coefficient (Wildman–Crippen LogP) is 3.32. The van der Waals surface area contributed by atoms with Crippen LogP contribution in [0.3, 0.4) is 0 Å². The Kier molecular flexibility index (Phi) is 6.50. The van der Waals surface area contributed by atoms with Gasteiger partial charge in [0.15, 0.2) is 6.10 Å². The Bertz CT molecular complexity index is 675. The standard InChI is InChI=1S/C20H23NO3S/c1-25-14-16-9-7-15(8-10-16)13-21-20(22)19-18(23-11-12-24-19)17-5-3-2-4-6-17/h2-10,18-19H,11-14H2,1H3,(H,21,22)/t18-,19-/m1/s1. The molecule has 0 spiro atoms. The smallest absolute Gasteiger partial charge is 0.252 e. The SMILES string of the molecule is CSCc1ccc(CNC(=O)[C@@H]2OCCO[C@@H]2c2ccccc2)cc1. The Hall–Kier alpha value is -1.82. The van der Waals surface area contributed by atoms with Gasteiger partial charge in [-0.25, -0.2) is 0 Å². The molecule has 1 aliphatic rings. The zero-order chi connectivity index (χ0) is 17.5. The fourth-order valence-electron chi connectivity index (χ4n) is 2.86. The number of hydrogen-bond donors (Lipinski definition) is 1. The van der Waals surface area contributed by atoms with Crippen LogP contribution in [0.15, 0.2) is 54.6 Å². The van der Waals surface area contributed by atoms with Gasteiger partial charge in [-0.05, 0) is 22.9 Å². The molecular weight excluding hydrogens is 334 g/mol. The number of carbonyl (C=O) groups is 1. The highest BCUT2D eigenvalue weighted by Gasteiger charge is 2.34. The van der Waals surface area contributed by atoms with E-state index in [1.54, 1.807) is 11.8 Å². The van der Waals surface area contributed by atoms with E-state index in [0.717, 1.165) is 16.9 Å². The lowest BCUT2D eigenvalue weighted by Gasteiger charge is -2.31. The molecule has 0 radical (unpaired) electrons. The number of carbonyl (C=O) groups excluding carboxylic acids is 1. The van der Waals surface area contributed by atoms with Gasteiger partial charge < -0.3 is 14.8 Å². The molecule has 1 fully saturated rings. The van der Waals surface area contributed by atoms with Crippen LogP contribution in [-0.2, 0) is 26.6 Å². The lowest BCUT2D eigenvalue weighted by Crippen LogP contribution is -2.44. The number of rotatable bonds is 6.